The maximum absolute atomic E-state index is 11.3. The summed E-state index contributed by atoms with van der Waals surface area (Å²) in [5.41, 5.74) is 0. The summed E-state index contributed by atoms with van der Waals surface area (Å²) in [4.78, 5) is 13.5. The molecule has 1 aliphatic rings. The molecule has 0 radical (unpaired) electrons. The van der Waals surface area contributed by atoms with Crippen LogP contribution in [0.3, 0.4) is 0 Å². The zero-order valence-electron chi connectivity index (χ0n) is 8.03. The number of carbonyl (C=O) groups is 1. The van der Waals surface area contributed by atoms with E-state index in [0.29, 0.717) is 0 Å². The number of aliphatic hydroxyl groups is 1. The van der Waals surface area contributed by atoms with Gasteiger partial charge in [0.15, 0.2) is 6.79 Å². The molecule has 0 bridgehead atoms. The van der Waals surface area contributed by atoms with Crippen LogP contribution >= 0.6 is 0 Å². The molecule has 4 heteroatoms. The molecule has 1 unspecified atom stereocenters. The average molecular weight is 187 g/mol. The summed E-state index contributed by atoms with van der Waals surface area (Å²) >= 11 is 0. The zero-order valence-corrected chi connectivity index (χ0v) is 8.03. The molecular weight excluding hydrogens is 170 g/mol. The maximum atomic E-state index is 11.3. The lowest BCUT2D eigenvalue weighted by Gasteiger charge is -2.30. The highest BCUT2D eigenvalue weighted by Gasteiger charge is 2.25. The van der Waals surface area contributed by atoms with Crippen LogP contribution in [-0.4, -0.2) is 42.4 Å². The second kappa shape index (κ2) is 5.19. The standard InChI is InChI=1S/C9H17NO3/c1-2-10-5-3-4-8(6-10)9(12)13-7-11/h8,11H,2-7H2,1H3. The summed E-state index contributed by atoms with van der Waals surface area (Å²) in [6.07, 6.45) is 1.92. The summed E-state index contributed by atoms with van der Waals surface area (Å²) in [7, 11) is 0. The molecule has 1 fully saturated rings. The van der Waals surface area contributed by atoms with E-state index in [1.165, 1.54) is 0 Å². The number of ether oxygens (including phenoxy) is 1. The Morgan fingerprint density at radius 1 is 1.69 bits per heavy atom. The average Bonchev–Trinajstić information content (AvgIpc) is 2.18. The molecule has 76 valence electrons. The first kappa shape index (κ1) is 10.5. The summed E-state index contributed by atoms with van der Waals surface area (Å²) in [5, 5.41) is 8.43. The molecule has 0 aromatic rings. The van der Waals surface area contributed by atoms with Gasteiger partial charge in [-0.15, -0.1) is 0 Å². The van der Waals surface area contributed by atoms with E-state index in [1.54, 1.807) is 0 Å². The summed E-state index contributed by atoms with van der Waals surface area (Å²) < 4.78 is 4.56. The highest BCUT2D eigenvalue weighted by molar-refractivity contribution is 5.72. The van der Waals surface area contributed by atoms with Gasteiger partial charge >= 0.3 is 5.97 Å². The van der Waals surface area contributed by atoms with Crippen molar-refractivity contribution in [2.75, 3.05) is 26.4 Å². The Kier molecular flexibility index (Phi) is 4.18. The minimum atomic E-state index is -0.499. The van der Waals surface area contributed by atoms with Crippen LogP contribution in [0.15, 0.2) is 0 Å². The lowest BCUT2D eigenvalue weighted by atomic mass is 9.98. The Balaban J connectivity index is 2.37. The first-order chi connectivity index (χ1) is 6.27. The third-order valence-electron chi connectivity index (χ3n) is 2.49. The number of likely N-dealkylation sites (tertiary alicyclic amines) is 1. The molecule has 1 saturated heterocycles. The van der Waals surface area contributed by atoms with Gasteiger partial charge in [-0.05, 0) is 25.9 Å². The fraction of sp³-hybridized carbons (Fsp3) is 0.889. The lowest BCUT2D eigenvalue weighted by Crippen LogP contribution is -2.39. The Hall–Kier alpha value is -0.610. The van der Waals surface area contributed by atoms with E-state index < -0.39 is 6.79 Å². The molecule has 0 amide bonds. The minimum Gasteiger partial charge on any atom is -0.438 e. The van der Waals surface area contributed by atoms with E-state index in [0.717, 1.165) is 32.5 Å². The molecule has 1 rings (SSSR count). The number of nitrogens with zero attached hydrogens (tertiary/aromatic N) is 1. The van der Waals surface area contributed by atoms with E-state index in [-0.39, 0.29) is 11.9 Å². The van der Waals surface area contributed by atoms with Crippen molar-refractivity contribution in [2.45, 2.75) is 19.8 Å². The first-order valence-corrected chi connectivity index (χ1v) is 4.77. The number of esters is 1. The number of aliphatic hydroxyl groups excluding tert-OH is 1. The fourth-order valence-corrected chi connectivity index (χ4v) is 1.72. The second-order valence-corrected chi connectivity index (χ2v) is 3.32. The van der Waals surface area contributed by atoms with E-state index in [1.807, 2.05) is 0 Å². The third kappa shape index (κ3) is 2.97. The number of piperidine rings is 1. The molecule has 1 atom stereocenters. The van der Waals surface area contributed by atoms with Crippen molar-refractivity contribution in [1.82, 2.24) is 4.90 Å². The quantitative estimate of drug-likeness (QED) is 0.507. The monoisotopic (exact) mass is 187 g/mol. The molecule has 0 spiro atoms. The van der Waals surface area contributed by atoms with Crippen LogP contribution < -0.4 is 0 Å². The highest BCUT2D eigenvalue weighted by atomic mass is 16.6. The predicted octanol–water partition coefficient (Wildman–Crippen LogP) is 0.211. The van der Waals surface area contributed by atoms with Crippen molar-refractivity contribution in [3.63, 3.8) is 0 Å². The van der Waals surface area contributed by atoms with Gasteiger partial charge in [0.25, 0.3) is 0 Å². The van der Waals surface area contributed by atoms with Gasteiger partial charge in [-0.1, -0.05) is 6.92 Å². The summed E-state index contributed by atoms with van der Waals surface area (Å²) in [6, 6.07) is 0. The van der Waals surface area contributed by atoms with Crippen LogP contribution in [0.25, 0.3) is 0 Å². The molecular formula is C9H17NO3. The number of rotatable bonds is 3. The molecule has 0 aromatic heterocycles. The van der Waals surface area contributed by atoms with Crippen LogP contribution in [0, 0.1) is 5.92 Å². The van der Waals surface area contributed by atoms with Crippen LogP contribution in [0.1, 0.15) is 19.8 Å². The number of hydrogen-bond acceptors (Lipinski definition) is 4. The van der Waals surface area contributed by atoms with Crippen molar-refractivity contribution in [1.29, 1.82) is 0 Å². The lowest BCUT2D eigenvalue weighted by molar-refractivity contribution is -0.158. The van der Waals surface area contributed by atoms with E-state index in [9.17, 15) is 4.79 Å². The third-order valence-corrected chi connectivity index (χ3v) is 2.49. The van der Waals surface area contributed by atoms with Crippen LogP contribution in [-0.2, 0) is 9.53 Å². The Morgan fingerprint density at radius 2 is 2.46 bits per heavy atom. The molecule has 1 aliphatic heterocycles. The molecule has 0 aliphatic carbocycles. The zero-order chi connectivity index (χ0) is 9.68. The van der Waals surface area contributed by atoms with Gasteiger partial charge in [0.05, 0.1) is 5.92 Å². The Labute approximate surface area is 78.5 Å². The molecule has 1 N–H and O–H groups in total. The first-order valence-electron chi connectivity index (χ1n) is 4.77. The molecule has 0 aromatic carbocycles. The normalized spacial score (nSPS) is 24.3. The predicted molar refractivity (Wildman–Crippen MR) is 48.0 cm³/mol. The SMILES string of the molecule is CCN1CCCC(C(=O)OCO)C1. The molecule has 4 nitrogen and oxygen atoms in total. The van der Waals surface area contributed by atoms with Gasteiger partial charge in [-0.2, -0.15) is 0 Å². The largest absolute Gasteiger partial charge is 0.438 e. The molecule has 1 heterocycles. The second-order valence-electron chi connectivity index (χ2n) is 3.32. The van der Waals surface area contributed by atoms with Gasteiger partial charge in [0.2, 0.25) is 0 Å². The van der Waals surface area contributed by atoms with Gasteiger partial charge in [0.1, 0.15) is 0 Å². The van der Waals surface area contributed by atoms with E-state index in [2.05, 4.69) is 16.6 Å². The van der Waals surface area contributed by atoms with Crippen molar-refractivity contribution in [3.8, 4) is 0 Å². The van der Waals surface area contributed by atoms with Crippen LogP contribution in [0.4, 0.5) is 0 Å². The van der Waals surface area contributed by atoms with Crippen molar-refractivity contribution >= 4 is 5.97 Å². The smallest absolute Gasteiger partial charge is 0.312 e. The fourth-order valence-electron chi connectivity index (χ4n) is 1.72. The van der Waals surface area contributed by atoms with E-state index >= 15 is 0 Å². The Morgan fingerprint density at radius 3 is 3.08 bits per heavy atom. The number of hydrogen-bond donors (Lipinski definition) is 1. The Bertz CT molecular complexity index is 172. The van der Waals surface area contributed by atoms with Crippen molar-refractivity contribution < 1.29 is 14.6 Å². The molecule has 13 heavy (non-hydrogen) atoms. The van der Waals surface area contributed by atoms with Gasteiger partial charge in [-0.3, -0.25) is 4.79 Å². The van der Waals surface area contributed by atoms with Gasteiger partial charge in [-0.25, -0.2) is 0 Å². The summed E-state index contributed by atoms with van der Waals surface area (Å²) in [6.45, 7) is 4.40. The van der Waals surface area contributed by atoms with Crippen LogP contribution in [0.5, 0.6) is 0 Å². The minimum absolute atomic E-state index is 0.0409. The topological polar surface area (TPSA) is 49.8 Å². The van der Waals surface area contributed by atoms with Gasteiger partial charge < -0.3 is 14.7 Å². The van der Waals surface area contributed by atoms with Crippen LogP contribution in [0.2, 0.25) is 0 Å². The van der Waals surface area contributed by atoms with Crippen molar-refractivity contribution in [3.05, 3.63) is 0 Å². The molecule has 0 saturated carbocycles. The summed E-state index contributed by atoms with van der Waals surface area (Å²) in [5.74, 6) is -0.304. The maximum Gasteiger partial charge on any atom is 0.312 e. The van der Waals surface area contributed by atoms with E-state index in [4.69, 9.17) is 5.11 Å². The highest BCUT2D eigenvalue weighted by Crippen LogP contribution is 2.17. The van der Waals surface area contributed by atoms with Gasteiger partial charge in [0, 0.05) is 6.54 Å². The van der Waals surface area contributed by atoms with Crippen molar-refractivity contribution in [2.24, 2.45) is 5.92 Å². The number of carbonyl (C=O) groups excluding carboxylic acids is 1.